The quantitative estimate of drug-likeness (QED) is 0.672. The van der Waals surface area contributed by atoms with Crippen molar-refractivity contribution in [2.24, 2.45) is 5.92 Å². The first-order valence-electron chi connectivity index (χ1n) is 10.2. The molecule has 1 atom stereocenters. The molecule has 5 nitrogen and oxygen atoms in total. The van der Waals surface area contributed by atoms with E-state index in [2.05, 4.69) is 24.3 Å². The van der Waals surface area contributed by atoms with Crippen molar-refractivity contribution in [3.05, 3.63) is 65.7 Å². The average molecular weight is 395 g/mol. The maximum absolute atomic E-state index is 12.7. The van der Waals surface area contributed by atoms with Crippen LogP contribution in [0.25, 0.3) is 0 Å². The molecule has 1 amide bonds. The summed E-state index contributed by atoms with van der Waals surface area (Å²) in [5.74, 6) is 0.830. The molecule has 2 aromatic carbocycles. The number of carbonyl (C=O) groups excluding carboxylic acids is 2. The van der Waals surface area contributed by atoms with E-state index in [1.807, 2.05) is 23.1 Å². The van der Waals surface area contributed by atoms with Crippen molar-refractivity contribution < 1.29 is 19.1 Å². The third kappa shape index (κ3) is 6.08. The molecule has 0 aliphatic carbocycles. The zero-order valence-electron chi connectivity index (χ0n) is 17.2. The second kappa shape index (κ2) is 10.1. The van der Waals surface area contributed by atoms with Crippen molar-refractivity contribution in [3.8, 4) is 5.75 Å². The van der Waals surface area contributed by atoms with Gasteiger partial charge in [-0.25, -0.2) is 0 Å². The van der Waals surface area contributed by atoms with E-state index in [-0.39, 0.29) is 12.3 Å². The molecule has 154 valence electrons. The fourth-order valence-corrected chi connectivity index (χ4v) is 3.76. The molecule has 2 aromatic rings. The fraction of sp³-hybridized carbons (Fsp3) is 0.417. The SMILES string of the molecule is COc1ccc(CC(=O)OC(C)C(=O)N2CCC(Cc3ccccc3)CC2)cc1. The molecule has 1 aliphatic rings. The average Bonchev–Trinajstić information content (AvgIpc) is 2.75. The lowest BCUT2D eigenvalue weighted by Gasteiger charge is -2.33. The first-order chi connectivity index (χ1) is 14.0. The third-order valence-corrected chi connectivity index (χ3v) is 5.46. The normalized spacial score (nSPS) is 15.6. The van der Waals surface area contributed by atoms with Crippen LogP contribution in [0.5, 0.6) is 5.75 Å². The molecule has 1 saturated heterocycles. The Balaban J connectivity index is 1.43. The van der Waals surface area contributed by atoms with Crippen LogP contribution in [0.3, 0.4) is 0 Å². The number of methoxy groups -OCH3 is 1. The number of hydrogen-bond acceptors (Lipinski definition) is 4. The fourth-order valence-electron chi connectivity index (χ4n) is 3.76. The number of ether oxygens (including phenoxy) is 2. The van der Waals surface area contributed by atoms with Crippen molar-refractivity contribution in [3.63, 3.8) is 0 Å². The number of rotatable bonds is 7. The van der Waals surface area contributed by atoms with Crippen LogP contribution >= 0.6 is 0 Å². The van der Waals surface area contributed by atoms with Crippen LogP contribution in [0.4, 0.5) is 0 Å². The van der Waals surface area contributed by atoms with Crippen molar-refractivity contribution in [1.29, 1.82) is 0 Å². The molecule has 0 aromatic heterocycles. The van der Waals surface area contributed by atoms with Gasteiger partial charge in [0, 0.05) is 13.1 Å². The van der Waals surface area contributed by atoms with Crippen LogP contribution < -0.4 is 4.74 Å². The molecule has 0 radical (unpaired) electrons. The smallest absolute Gasteiger partial charge is 0.311 e. The van der Waals surface area contributed by atoms with Gasteiger partial charge in [-0.1, -0.05) is 42.5 Å². The Hall–Kier alpha value is -2.82. The highest BCUT2D eigenvalue weighted by atomic mass is 16.5. The van der Waals surface area contributed by atoms with E-state index in [4.69, 9.17) is 9.47 Å². The van der Waals surface area contributed by atoms with Gasteiger partial charge in [-0.05, 0) is 55.4 Å². The van der Waals surface area contributed by atoms with Crippen molar-refractivity contribution in [2.45, 2.75) is 38.7 Å². The number of piperidine rings is 1. The topological polar surface area (TPSA) is 55.8 Å². The van der Waals surface area contributed by atoms with Crippen molar-refractivity contribution in [2.75, 3.05) is 20.2 Å². The first-order valence-corrected chi connectivity index (χ1v) is 10.2. The van der Waals surface area contributed by atoms with Gasteiger partial charge in [0.1, 0.15) is 5.75 Å². The summed E-state index contributed by atoms with van der Waals surface area (Å²) in [5, 5.41) is 0. The van der Waals surface area contributed by atoms with Gasteiger partial charge in [-0.15, -0.1) is 0 Å². The largest absolute Gasteiger partial charge is 0.497 e. The number of esters is 1. The Labute approximate surface area is 172 Å². The van der Waals surface area contributed by atoms with Gasteiger partial charge in [0.25, 0.3) is 5.91 Å². The maximum atomic E-state index is 12.7. The van der Waals surface area contributed by atoms with E-state index in [0.29, 0.717) is 5.92 Å². The van der Waals surface area contributed by atoms with E-state index in [1.54, 1.807) is 26.2 Å². The summed E-state index contributed by atoms with van der Waals surface area (Å²) >= 11 is 0. The predicted molar refractivity (Wildman–Crippen MR) is 112 cm³/mol. The summed E-state index contributed by atoms with van der Waals surface area (Å²) in [7, 11) is 1.60. The van der Waals surface area contributed by atoms with Gasteiger partial charge < -0.3 is 14.4 Å². The van der Waals surface area contributed by atoms with Crippen LogP contribution in [0.2, 0.25) is 0 Å². The Morgan fingerprint density at radius 1 is 1.00 bits per heavy atom. The van der Waals surface area contributed by atoms with Gasteiger partial charge in [-0.3, -0.25) is 9.59 Å². The van der Waals surface area contributed by atoms with Gasteiger partial charge >= 0.3 is 5.97 Å². The number of hydrogen-bond donors (Lipinski definition) is 0. The van der Waals surface area contributed by atoms with Crippen LogP contribution in [-0.4, -0.2) is 43.1 Å². The Morgan fingerprint density at radius 2 is 1.66 bits per heavy atom. The minimum atomic E-state index is -0.758. The van der Waals surface area contributed by atoms with Gasteiger partial charge in [0.05, 0.1) is 13.5 Å². The number of carbonyl (C=O) groups is 2. The summed E-state index contributed by atoms with van der Waals surface area (Å²) in [6, 6.07) is 17.7. The van der Waals surface area contributed by atoms with E-state index in [1.165, 1.54) is 5.56 Å². The minimum absolute atomic E-state index is 0.105. The lowest BCUT2D eigenvalue weighted by Crippen LogP contribution is -2.44. The van der Waals surface area contributed by atoms with E-state index in [0.717, 1.165) is 43.7 Å². The molecular weight excluding hydrogens is 366 g/mol. The molecule has 1 aliphatic heterocycles. The van der Waals surface area contributed by atoms with Crippen LogP contribution in [0.15, 0.2) is 54.6 Å². The monoisotopic (exact) mass is 395 g/mol. The third-order valence-electron chi connectivity index (χ3n) is 5.46. The first kappa shape index (κ1) is 20.9. The summed E-state index contributed by atoms with van der Waals surface area (Å²) in [6.07, 6.45) is 2.39. The maximum Gasteiger partial charge on any atom is 0.311 e. The molecule has 1 fully saturated rings. The Bertz CT molecular complexity index is 795. The summed E-state index contributed by atoms with van der Waals surface area (Å²) < 4.78 is 10.5. The van der Waals surface area contributed by atoms with Crippen molar-refractivity contribution >= 4 is 11.9 Å². The standard InChI is InChI=1S/C24H29NO4/c1-18(29-23(26)17-20-8-10-22(28-2)11-9-20)24(27)25-14-12-21(13-15-25)16-19-6-4-3-5-7-19/h3-11,18,21H,12-17H2,1-2H3. The number of benzene rings is 2. The minimum Gasteiger partial charge on any atom is -0.497 e. The highest BCUT2D eigenvalue weighted by molar-refractivity contribution is 5.84. The summed E-state index contributed by atoms with van der Waals surface area (Å²) in [6.45, 7) is 3.09. The highest BCUT2D eigenvalue weighted by Crippen LogP contribution is 2.22. The summed E-state index contributed by atoms with van der Waals surface area (Å²) in [5.41, 5.74) is 2.18. The molecule has 1 unspecified atom stereocenters. The van der Waals surface area contributed by atoms with E-state index < -0.39 is 12.1 Å². The Kier molecular flexibility index (Phi) is 7.28. The molecular formula is C24H29NO4. The number of nitrogens with zero attached hydrogens (tertiary/aromatic N) is 1. The molecule has 3 rings (SSSR count). The number of amides is 1. The van der Waals surface area contributed by atoms with Crippen LogP contribution in [-0.2, 0) is 27.2 Å². The van der Waals surface area contributed by atoms with E-state index in [9.17, 15) is 9.59 Å². The van der Waals surface area contributed by atoms with Gasteiger partial charge in [0.2, 0.25) is 0 Å². The molecule has 0 N–H and O–H groups in total. The predicted octanol–water partition coefficient (Wildman–Crippen LogP) is 3.65. The number of likely N-dealkylation sites (tertiary alicyclic amines) is 1. The molecule has 5 heteroatoms. The second-order valence-corrected chi connectivity index (χ2v) is 7.62. The van der Waals surface area contributed by atoms with Gasteiger partial charge in [-0.2, -0.15) is 0 Å². The van der Waals surface area contributed by atoms with Crippen molar-refractivity contribution in [1.82, 2.24) is 4.90 Å². The second-order valence-electron chi connectivity index (χ2n) is 7.62. The molecule has 29 heavy (non-hydrogen) atoms. The highest BCUT2D eigenvalue weighted by Gasteiger charge is 2.28. The Morgan fingerprint density at radius 3 is 2.28 bits per heavy atom. The summed E-state index contributed by atoms with van der Waals surface area (Å²) in [4.78, 5) is 26.7. The zero-order valence-corrected chi connectivity index (χ0v) is 17.2. The lowest BCUT2D eigenvalue weighted by atomic mass is 9.90. The van der Waals surface area contributed by atoms with Crippen LogP contribution in [0.1, 0.15) is 30.9 Å². The molecule has 0 saturated carbocycles. The van der Waals surface area contributed by atoms with Crippen LogP contribution in [0, 0.1) is 5.92 Å². The van der Waals surface area contributed by atoms with E-state index >= 15 is 0 Å². The lowest BCUT2D eigenvalue weighted by molar-refractivity contribution is -0.159. The molecule has 0 bridgehead atoms. The molecule has 1 heterocycles. The van der Waals surface area contributed by atoms with Gasteiger partial charge in [0.15, 0.2) is 6.10 Å². The molecule has 0 spiro atoms. The zero-order chi connectivity index (χ0) is 20.6.